The first kappa shape index (κ1) is 17.0. The van der Waals surface area contributed by atoms with Gasteiger partial charge in [-0.15, -0.1) is 21.5 Å². The van der Waals surface area contributed by atoms with Crippen molar-refractivity contribution in [1.29, 1.82) is 0 Å². The molecular formula is C15H21N5O3S. The van der Waals surface area contributed by atoms with Crippen LogP contribution in [0.25, 0.3) is 0 Å². The Balaban J connectivity index is 1.66. The zero-order valence-corrected chi connectivity index (χ0v) is 14.8. The fourth-order valence-corrected chi connectivity index (χ4v) is 3.79. The fraction of sp³-hybridized carbons (Fsp3) is 0.600. The van der Waals surface area contributed by atoms with Crippen LogP contribution in [0, 0.1) is 6.92 Å². The van der Waals surface area contributed by atoms with Gasteiger partial charge in [0, 0.05) is 20.0 Å². The molecular weight excluding hydrogens is 330 g/mol. The number of hydrogen-bond acceptors (Lipinski definition) is 8. The molecule has 3 rings (SSSR count). The number of aryl methyl sites for hydroxylation is 2. The molecule has 2 aromatic rings. The number of aliphatic hydroxyl groups is 1. The molecule has 1 amide bonds. The monoisotopic (exact) mass is 351 g/mol. The molecule has 3 heterocycles. The van der Waals surface area contributed by atoms with Crippen LogP contribution in [0.3, 0.4) is 0 Å². The number of hydrogen-bond donors (Lipinski definition) is 1. The predicted molar refractivity (Wildman–Crippen MR) is 87.7 cm³/mol. The second-order valence-electron chi connectivity index (χ2n) is 5.96. The maximum Gasteiger partial charge on any atom is 0.266 e. The Morgan fingerprint density at radius 2 is 2.29 bits per heavy atom. The molecule has 0 aromatic carbocycles. The van der Waals surface area contributed by atoms with E-state index in [-0.39, 0.29) is 11.9 Å². The number of nitrogens with zero attached hydrogens (tertiary/aromatic N) is 5. The normalized spacial score (nSPS) is 21.0. The van der Waals surface area contributed by atoms with Crippen LogP contribution in [0.2, 0.25) is 0 Å². The molecule has 1 aliphatic heterocycles. The zero-order valence-electron chi connectivity index (χ0n) is 14.0. The van der Waals surface area contributed by atoms with Crippen LogP contribution in [-0.2, 0) is 13.0 Å². The number of aromatic nitrogens is 3. The van der Waals surface area contributed by atoms with Gasteiger partial charge in [-0.1, -0.05) is 6.92 Å². The van der Waals surface area contributed by atoms with Crippen LogP contribution in [0.1, 0.15) is 34.1 Å². The van der Waals surface area contributed by atoms with Gasteiger partial charge in [-0.3, -0.25) is 9.69 Å². The van der Waals surface area contributed by atoms with Crippen LogP contribution < -0.4 is 0 Å². The molecule has 24 heavy (non-hydrogen) atoms. The zero-order chi connectivity index (χ0) is 17.3. The van der Waals surface area contributed by atoms with Gasteiger partial charge in [-0.2, -0.15) is 0 Å². The van der Waals surface area contributed by atoms with Crippen molar-refractivity contribution in [1.82, 2.24) is 25.0 Å². The van der Waals surface area contributed by atoms with E-state index < -0.39 is 6.10 Å². The second kappa shape index (κ2) is 6.96. The molecule has 0 aliphatic carbocycles. The molecule has 0 radical (unpaired) electrons. The molecule has 0 unspecified atom stereocenters. The average Bonchev–Trinajstić information content (AvgIpc) is 3.26. The minimum atomic E-state index is -0.610. The number of β-amino-alcohol motifs (C(OH)–C–C–N with tert-alkyl or cyclic N) is 1. The maximum atomic E-state index is 12.7. The minimum Gasteiger partial charge on any atom is -0.424 e. The molecule has 1 N–H and O–H groups in total. The molecule has 2 aromatic heterocycles. The molecule has 2 atom stereocenters. The van der Waals surface area contributed by atoms with E-state index >= 15 is 0 Å². The highest BCUT2D eigenvalue weighted by molar-refractivity contribution is 7.11. The van der Waals surface area contributed by atoms with Crippen molar-refractivity contribution >= 4 is 17.2 Å². The van der Waals surface area contributed by atoms with Crippen LogP contribution in [0.15, 0.2) is 9.93 Å². The van der Waals surface area contributed by atoms with Gasteiger partial charge in [0.25, 0.3) is 5.91 Å². The number of amides is 1. The summed E-state index contributed by atoms with van der Waals surface area (Å²) < 4.78 is 5.38. The molecule has 8 nitrogen and oxygen atoms in total. The van der Waals surface area contributed by atoms with E-state index in [1.54, 1.807) is 17.3 Å². The fourth-order valence-electron chi connectivity index (χ4n) is 2.94. The highest BCUT2D eigenvalue weighted by Crippen LogP contribution is 2.22. The number of likely N-dealkylation sites (tertiary alicyclic amines) is 1. The van der Waals surface area contributed by atoms with E-state index in [1.165, 1.54) is 11.3 Å². The lowest BCUT2D eigenvalue weighted by Gasteiger charge is -2.24. The number of rotatable bonds is 5. The first-order valence-corrected chi connectivity index (χ1v) is 8.76. The minimum absolute atomic E-state index is 0.0575. The van der Waals surface area contributed by atoms with Gasteiger partial charge in [0.15, 0.2) is 0 Å². The summed E-state index contributed by atoms with van der Waals surface area (Å²) in [5.41, 5.74) is 2.51. The van der Waals surface area contributed by atoms with E-state index in [1.807, 2.05) is 18.9 Å². The SMILES string of the molecule is CCc1ncsc1C(=O)N1C[C@@H](O)[C@@H](N(C)Cc2nnc(C)o2)C1. The van der Waals surface area contributed by atoms with Gasteiger partial charge in [0.2, 0.25) is 11.8 Å². The summed E-state index contributed by atoms with van der Waals surface area (Å²) in [5, 5.41) is 18.1. The maximum absolute atomic E-state index is 12.7. The van der Waals surface area contributed by atoms with Crippen molar-refractivity contribution in [2.75, 3.05) is 20.1 Å². The summed E-state index contributed by atoms with van der Waals surface area (Å²) in [7, 11) is 1.88. The Bertz CT molecular complexity index is 716. The van der Waals surface area contributed by atoms with Gasteiger partial charge in [0.1, 0.15) is 4.88 Å². The smallest absolute Gasteiger partial charge is 0.266 e. The van der Waals surface area contributed by atoms with Crippen LogP contribution in [0.4, 0.5) is 0 Å². The first-order chi connectivity index (χ1) is 11.5. The Labute approximate surface area is 144 Å². The van der Waals surface area contributed by atoms with Crippen LogP contribution in [-0.4, -0.2) is 68.3 Å². The van der Waals surface area contributed by atoms with Crippen molar-refractivity contribution in [3.63, 3.8) is 0 Å². The summed E-state index contributed by atoms with van der Waals surface area (Å²) in [5.74, 6) is 0.958. The Morgan fingerprint density at radius 1 is 1.50 bits per heavy atom. The van der Waals surface area contributed by atoms with Crippen molar-refractivity contribution < 1.29 is 14.3 Å². The quantitative estimate of drug-likeness (QED) is 0.848. The van der Waals surface area contributed by atoms with Crippen LogP contribution in [0.5, 0.6) is 0 Å². The molecule has 1 aliphatic rings. The third kappa shape index (κ3) is 3.33. The first-order valence-electron chi connectivity index (χ1n) is 7.88. The number of thiazole rings is 1. The number of carbonyl (C=O) groups excluding carboxylic acids is 1. The largest absolute Gasteiger partial charge is 0.424 e. The molecule has 9 heteroatoms. The average molecular weight is 351 g/mol. The van der Waals surface area contributed by atoms with Gasteiger partial charge >= 0.3 is 0 Å². The van der Waals surface area contributed by atoms with Crippen molar-refractivity contribution in [2.45, 2.75) is 39.0 Å². The van der Waals surface area contributed by atoms with Gasteiger partial charge in [0.05, 0.1) is 29.9 Å². The topological polar surface area (TPSA) is 95.6 Å². The summed E-state index contributed by atoms with van der Waals surface area (Å²) in [6.45, 7) is 4.93. The Morgan fingerprint density at radius 3 is 2.96 bits per heavy atom. The number of carbonyl (C=O) groups is 1. The third-order valence-electron chi connectivity index (χ3n) is 4.24. The van der Waals surface area contributed by atoms with E-state index in [0.29, 0.717) is 36.3 Å². The van der Waals surface area contributed by atoms with E-state index in [2.05, 4.69) is 15.2 Å². The summed E-state index contributed by atoms with van der Waals surface area (Å²) in [4.78, 5) is 21.2. The lowest BCUT2D eigenvalue weighted by atomic mass is 10.2. The highest BCUT2D eigenvalue weighted by Gasteiger charge is 2.38. The highest BCUT2D eigenvalue weighted by atomic mass is 32.1. The van der Waals surface area contributed by atoms with Gasteiger partial charge in [-0.05, 0) is 13.5 Å². The lowest BCUT2D eigenvalue weighted by Crippen LogP contribution is -2.40. The van der Waals surface area contributed by atoms with Crippen molar-refractivity contribution in [2.24, 2.45) is 0 Å². The van der Waals surface area contributed by atoms with Crippen molar-refractivity contribution in [3.8, 4) is 0 Å². The van der Waals surface area contributed by atoms with Gasteiger partial charge < -0.3 is 14.4 Å². The molecule has 1 fully saturated rings. The van der Waals surface area contributed by atoms with E-state index in [4.69, 9.17) is 4.42 Å². The van der Waals surface area contributed by atoms with Gasteiger partial charge in [-0.25, -0.2) is 4.98 Å². The Kier molecular flexibility index (Phi) is 4.93. The standard InChI is InChI=1S/C15H21N5O3S/c1-4-10-14(24-8-16-10)15(22)20-5-11(12(21)6-20)19(3)7-13-18-17-9(2)23-13/h8,11-12,21H,4-7H2,1-3H3/t11-,12+/m0/s1. The third-order valence-corrected chi connectivity index (χ3v) is 5.09. The van der Waals surface area contributed by atoms with E-state index in [0.717, 1.165) is 12.1 Å². The summed E-state index contributed by atoms with van der Waals surface area (Å²) >= 11 is 1.35. The summed E-state index contributed by atoms with van der Waals surface area (Å²) in [6.07, 6.45) is 0.113. The molecule has 1 saturated heterocycles. The van der Waals surface area contributed by atoms with Crippen LogP contribution >= 0.6 is 11.3 Å². The second-order valence-corrected chi connectivity index (χ2v) is 6.81. The molecule has 0 saturated carbocycles. The number of likely N-dealkylation sites (N-methyl/N-ethyl adjacent to an activating group) is 1. The Hall–Kier alpha value is -1.84. The summed E-state index contributed by atoms with van der Waals surface area (Å²) in [6, 6.07) is -0.167. The molecule has 0 spiro atoms. The molecule has 130 valence electrons. The van der Waals surface area contributed by atoms with E-state index in [9.17, 15) is 9.90 Å². The number of aliphatic hydroxyl groups excluding tert-OH is 1. The van der Waals surface area contributed by atoms with Crippen molar-refractivity contribution in [3.05, 3.63) is 27.9 Å². The molecule has 0 bridgehead atoms. The predicted octanol–water partition coefficient (Wildman–Crippen LogP) is 0.714. The lowest BCUT2D eigenvalue weighted by molar-refractivity contribution is 0.0765.